The van der Waals surface area contributed by atoms with Gasteiger partial charge in [0.2, 0.25) is 0 Å². The molecular weight excluding hydrogens is 410 g/mol. The predicted octanol–water partition coefficient (Wildman–Crippen LogP) is 3.47. The molecule has 0 aliphatic carbocycles. The van der Waals surface area contributed by atoms with Crippen molar-refractivity contribution < 1.29 is 9.53 Å². The number of carbonyl (C=O) groups excluding carboxylic acids is 1. The second-order valence-corrected chi connectivity index (χ2v) is 8.79. The third-order valence-corrected chi connectivity index (χ3v) is 6.94. The van der Waals surface area contributed by atoms with Crippen molar-refractivity contribution >= 4 is 33.3 Å². The van der Waals surface area contributed by atoms with Crippen LogP contribution in [-0.4, -0.2) is 60.6 Å². The molecule has 3 heterocycles. The van der Waals surface area contributed by atoms with E-state index < -0.39 is 0 Å². The number of benzene rings is 1. The molecule has 1 aliphatic rings. The number of fused-ring (bicyclic) bond motifs is 1. The molecule has 1 aliphatic heterocycles. The Labute approximate surface area is 187 Å². The van der Waals surface area contributed by atoms with E-state index in [1.54, 1.807) is 13.4 Å². The average molecular weight is 440 g/mol. The van der Waals surface area contributed by atoms with Gasteiger partial charge in [0.1, 0.15) is 22.7 Å². The van der Waals surface area contributed by atoms with Crippen molar-refractivity contribution in [3.05, 3.63) is 46.6 Å². The summed E-state index contributed by atoms with van der Waals surface area (Å²) in [6.45, 7) is 9.80. The SMILES string of the molecule is CCCN1CCN(c2ncnc3sc(C(=O)NCc4ccc(OC)cc4)c(C)c23)CC1. The molecule has 1 N–H and O–H groups in total. The Morgan fingerprint density at radius 1 is 1.16 bits per heavy atom. The van der Waals surface area contributed by atoms with Crippen molar-refractivity contribution in [2.75, 3.05) is 44.7 Å². The van der Waals surface area contributed by atoms with Gasteiger partial charge in [-0.3, -0.25) is 9.69 Å². The van der Waals surface area contributed by atoms with E-state index in [2.05, 4.69) is 32.0 Å². The second-order valence-electron chi connectivity index (χ2n) is 7.79. The minimum absolute atomic E-state index is 0.0740. The molecule has 1 aromatic carbocycles. The maximum Gasteiger partial charge on any atom is 0.261 e. The summed E-state index contributed by atoms with van der Waals surface area (Å²) in [6, 6.07) is 7.71. The predicted molar refractivity (Wildman–Crippen MR) is 125 cm³/mol. The van der Waals surface area contributed by atoms with Gasteiger partial charge in [0.15, 0.2) is 0 Å². The molecular formula is C23H29N5O2S. The Kier molecular flexibility index (Phi) is 6.67. The number of nitrogens with zero attached hydrogens (tertiary/aromatic N) is 4. The van der Waals surface area contributed by atoms with E-state index in [0.29, 0.717) is 11.4 Å². The number of methoxy groups -OCH3 is 1. The Bertz CT molecular complexity index is 1040. The van der Waals surface area contributed by atoms with Gasteiger partial charge in [-0.2, -0.15) is 0 Å². The molecule has 31 heavy (non-hydrogen) atoms. The van der Waals surface area contributed by atoms with Gasteiger partial charge >= 0.3 is 0 Å². The number of rotatable bonds is 7. The highest BCUT2D eigenvalue weighted by atomic mass is 32.1. The molecule has 164 valence electrons. The first kappa shape index (κ1) is 21.5. The molecule has 3 aromatic rings. The van der Waals surface area contributed by atoms with Crippen LogP contribution in [-0.2, 0) is 6.54 Å². The van der Waals surface area contributed by atoms with Crippen LogP contribution in [0.3, 0.4) is 0 Å². The molecule has 0 bridgehead atoms. The van der Waals surface area contributed by atoms with Crippen LogP contribution in [0.25, 0.3) is 10.2 Å². The second kappa shape index (κ2) is 9.62. The minimum Gasteiger partial charge on any atom is -0.497 e. The summed E-state index contributed by atoms with van der Waals surface area (Å²) >= 11 is 1.44. The maximum absolute atomic E-state index is 12.9. The van der Waals surface area contributed by atoms with Crippen LogP contribution in [0.2, 0.25) is 0 Å². The fourth-order valence-corrected chi connectivity index (χ4v) is 5.07. The summed E-state index contributed by atoms with van der Waals surface area (Å²) in [5.74, 6) is 1.68. The maximum atomic E-state index is 12.9. The minimum atomic E-state index is -0.0740. The van der Waals surface area contributed by atoms with E-state index in [0.717, 1.165) is 65.6 Å². The van der Waals surface area contributed by atoms with Crippen LogP contribution >= 0.6 is 11.3 Å². The number of amides is 1. The Balaban J connectivity index is 1.51. The van der Waals surface area contributed by atoms with Gasteiger partial charge in [0.25, 0.3) is 5.91 Å². The molecule has 0 atom stereocenters. The van der Waals surface area contributed by atoms with Crippen molar-refractivity contribution in [1.29, 1.82) is 0 Å². The highest BCUT2D eigenvalue weighted by Crippen LogP contribution is 2.35. The lowest BCUT2D eigenvalue weighted by Crippen LogP contribution is -2.46. The lowest BCUT2D eigenvalue weighted by atomic mass is 10.1. The number of ether oxygens (including phenoxy) is 1. The van der Waals surface area contributed by atoms with Crippen molar-refractivity contribution in [3.63, 3.8) is 0 Å². The number of aryl methyl sites for hydroxylation is 1. The topological polar surface area (TPSA) is 70.6 Å². The van der Waals surface area contributed by atoms with Crippen molar-refractivity contribution in [2.45, 2.75) is 26.8 Å². The standard InChI is InChI=1S/C23H29N5O2S/c1-4-9-27-10-12-28(13-11-27)21-19-16(2)20(31-23(19)26-15-25-21)22(29)24-14-17-5-7-18(30-3)8-6-17/h5-8,15H,4,9-14H2,1-3H3,(H,24,29). The lowest BCUT2D eigenvalue weighted by Gasteiger charge is -2.35. The third kappa shape index (κ3) is 4.65. The van der Waals surface area contributed by atoms with Gasteiger partial charge in [-0.1, -0.05) is 19.1 Å². The number of nitrogens with one attached hydrogen (secondary N) is 1. The van der Waals surface area contributed by atoms with Gasteiger partial charge in [-0.25, -0.2) is 9.97 Å². The van der Waals surface area contributed by atoms with Gasteiger partial charge in [-0.05, 0) is 43.1 Å². The molecule has 1 amide bonds. The zero-order valence-corrected chi connectivity index (χ0v) is 19.2. The van der Waals surface area contributed by atoms with E-state index >= 15 is 0 Å². The van der Waals surface area contributed by atoms with E-state index in [1.165, 1.54) is 17.8 Å². The quantitative estimate of drug-likeness (QED) is 0.608. The molecule has 0 radical (unpaired) electrons. The zero-order valence-electron chi connectivity index (χ0n) is 18.4. The molecule has 7 nitrogen and oxygen atoms in total. The number of anilines is 1. The largest absolute Gasteiger partial charge is 0.497 e. The zero-order chi connectivity index (χ0) is 21.8. The summed E-state index contributed by atoms with van der Waals surface area (Å²) in [6.07, 6.45) is 2.79. The van der Waals surface area contributed by atoms with E-state index in [9.17, 15) is 4.79 Å². The average Bonchev–Trinajstić information content (AvgIpc) is 3.15. The summed E-state index contributed by atoms with van der Waals surface area (Å²) in [5, 5.41) is 4.04. The van der Waals surface area contributed by atoms with E-state index in [1.807, 2.05) is 31.2 Å². The van der Waals surface area contributed by atoms with Crippen molar-refractivity contribution in [1.82, 2.24) is 20.2 Å². The first-order valence-electron chi connectivity index (χ1n) is 10.7. The van der Waals surface area contributed by atoms with Crippen LogP contribution in [0, 0.1) is 6.92 Å². The normalized spacial score (nSPS) is 14.7. The number of piperazine rings is 1. The summed E-state index contributed by atoms with van der Waals surface area (Å²) in [5.41, 5.74) is 1.98. The van der Waals surface area contributed by atoms with E-state index in [-0.39, 0.29) is 5.91 Å². The lowest BCUT2D eigenvalue weighted by molar-refractivity contribution is 0.0954. The van der Waals surface area contributed by atoms with Crippen molar-refractivity contribution in [3.8, 4) is 5.75 Å². The fourth-order valence-electron chi connectivity index (χ4n) is 4.01. The monoisotopic (exact) mass is 439 g/mol. The molecule has 0 spiro atoms. The molecule has 4 rings (SSSR count). The van der Waals surface area contributed by atoms with Crippen LogP contribution in [0.1, 0.15) is 34.1 Å². The first-order chi connectivity index (χ1) is 15.1. The molecule has 1 fully saturated rings. The Morgan fingerprint density at radius 2 is 1.90 bits per heavy atom. The summed E-state index contributed by atoms with van der Waals surface area (Å²) < 4.78 is 5.19. The van der Waals surface area contributed by atoms with E-state index in [4.69, 9.17) is 4.74 Å². The number of aromatic nitrogens is 2. The molecule has 8 heteroatoms. The fraction of sp³-hybridized carbons (Fsp3) is 0.435. The highest BCUT2D eigenvalue weighted by Gasteiger charge is 2.24. The first-order valence-corrected chi connectivity index (χ1v) is 11.5. The number of hydrogen-bond acceptors (Lipinski definition) is 7. The molecule has 1 saturated heterocycles. The van der Waals surface area contributed by atoms with Gasteiger partial charge in [0, 0.05) is 32.7 Å². The Morgan fingerprint density at radius 3 is 2.58 bits per heavy atom. The van der Waals surface area contributed by atoms with Crippen LogP contribution in [0.15, 0.2) is 30.6 Å². The van der Waals surface area contributed by atoms with Gasteiger partial charge in [0.05, 0.1) is 17.4 Å². The molecule has 0 unspecified atom stereocenters. The van der Waals surface area contributed by atoms with Crippen LogP contribution in [0.4, 0.5) is 5.82 Å². The summed E-state index contributed by atoms with van der Waals surface area (Å²) in [4.78, 5) is 28.4. The summed E-state index contributed by atoms with van der Waals surface area (Å²) in [7, 11) is 1.64. The Hall–Kier alpha value is -2.71. The van der Waals surface area contributed by atoms with Crippen LogP contribution in [0.5, 0.6) is 5.75 Å². The van der Waals surface area contributed by atoms with Crippen molar-refractivity contribution in [2.24, 2.45) is 0 Å². The van der Waals surface area contributed by atoms with Gasteiger partial charge in [-0.15, -0.1) is 11.3 Å². The smallest absolute Gasteiger partial charge is 0.261 e. The number of carbonyl (C=O) groups is 1. The van der Waals surface area contributed by atoms with Gasteiger partial charge < -0.3 is 15.0 Å². The number of hydrogen-bond donors (Lipinski definition) is 1. The third-order valence-electron chi connectivity index (χ3n) is 5.74. The highest BCUT2D eigenvalue weighted by molar-refractivity contribution is 7.20. The van der Waals surface area contributed by atoms with Crippen LogP contribution < -0.4 is 15.0 Å². The molecule has 2 aromatic heterocycles. The molecule has 0 saturated carbocycles. The number of thiophene rings is 1.